The fourth-order valence-electron chi connectivity index (χ4n) is 2.84. The third kappa shape index (κ3) is 2.56. The van der Waals surface area contributed by atoms with Crippen molar-refractivity contribution in [1.29, 1.82) is 0 Å². The van der Waals surface area contributed by atoms with Gasteiger partial charge in [-0.15, -0.1) is 0 Å². The standard InChI is InChI=1S/C18H20FN3/c1-12-13(2)22(3)17-11-20-10-16(18(12)17)21-9-8-14-4-6-15(19)7-5-14/h4-7,10-11,21H,8-9H2,1-3H3. The van der Waals surface area contributed by atoms with E-state index in [1.165, 1.54) is 28.8 Å². The second kappa shape index (κ2) is 5.79. The number of halogens is 1. The summed E-state index contributed by atoms with van der Waals surface area (Å²) in [4.78, 5) is 4.33. The monoisotopic (exact) mass is 297 g/mol. The zero-order valence-corrected chi connectivity index (χ0v) is 13.2. The lowest BCUT2D eigenvalue weighted by atomic mass is 10.1. The smallest absolute Gasteiger partial charge is 0.123 e. The highest BCUT2D eigenvalue weighted by Gasteiger charge is 2.12. The zero-order valence-electron chi connectivity index (χ0n) is 13.2. The number of nitrogens with zero attached hydrogens (tertiary/aromatic N) is 2. The van der Waals surface area contributed by atoms with Gasteiger partial charge >= 0.3 is 0 Å². The number of fused-ring (bicyclic) bond motifs is 1. The van der Waals surface area contributed by atoms with Gasteiger partial charge in [0.2, 0.25) is 0 Å². The number of aromatic nitrogens is 2. The molecular formula is C18H20FN3. The van der Waals surface area contributed by atoms with Crippen molar-refractivity contribution < 1.29 is 4.39 Å². The second-order valence-electron chi connectivity index (χ2n) is 5.65. The van der Waals surface area contributed by atoms with Crippen LogP contribution in [-0.2, 0) is 13.5 Å². The van der Waals surface area contributed by atoms with Gasteiger partial charge in [-0.05, 0) is 43.5 Å². The van der Waals surface area contributed by atoms with Crippen LogP contribution in [0.4, 0.5) is 10.1 Å². The van der Waals surface area contributed by atoms with E-state index in [1.807, 2.05) is 24.5 Å². The number of benzene rings is 1. The molecule has 114 valence electrons. The largest absolute Gasteiger partial charge is 0.383 e. The van der Waals surface area contributed by atoms with Crippen LogP contribution in [-0.4, -0.2) is 16.1 Å². The zero-order chi connectivity index (χ0) is 15.7. The van der Waals surface area contributed by atoms with Crippen LogP contribution >= 0.6 is 0 Å². The molecule has 1 N–H and O–H groups in total. The maximum absolute atomic E-state index is 12.9. The van der Waals surface area contributed by atoms with Crippen molar-refractivity contribution in [2.24, 2.45) is 7.05 Å². The van der Waals surface area contributed by atoms with Gasteiger partial charge in [0.1, 0.15) is 5.82 Å². The Hall–Kier alpha value is -2.36. The molecule has 22 heavy (non-hydrogen) atoms. The van der Waals surface area contributed by atoms with Crippen molar-refractivity contribution in [3.63, 3.8) is 0 Å². The maximum atomic E-state index is 12.9. The van der Waals surface area contributed by atoms with Gasteiger partial charge in [-0.3, -0.25) is 4.98 Å². The van der Waals surface area contributed by atoms with Gasteiger partial charge in [0.15, 0.2) is 0 Å². The number of hydrogen-bond donors (Lipinski definition) is 1. The van der Waals surface area contributed by atoms with Crippen LogP contribution in [0.2, 0.25) is 0 Å². The Morgan fingerprint density at radius 1 is 1.14 bits per heavy atom. The third-order valence-corrected chi connectivity index (χ3v) is 4.35. The van der Waals surface area contributed by atoms with E-state index in [1.54, 1.807) is 0 Å². The van der Waals surface area contributed by atoms with E-state index in [9.17, 15) is 4.39 Å². The highest BCUT2D eigenvalue weighted by atomic mass is 19.1. The molecule has 0 spiro atoms. The fourth-order valence-corrected chi connectivity index (χ4v) is 2.84. The van der Waals surface area contributed by atoms with Crippen LogP contribution in [0.15, 0.2) is 36.7 Å². The summed E-state index contributed by atoms with van der Waals surface area (Å²) in [5.41, 5.74) is 5.85. The van der Waals surface area contributed by atoms with E-state index in [0.717, 1.165) is 29.7 Å². The first-order valence-electron chi connectivity index (χ1n) is 7.46. The molecule has 4 heteroatoms. The van der Waals surface area contributed by atoms with Crippen molar-refractivity contribution in [1.82, 2.24) is 9.55 Å². The van der Waals surface area contributed by atoms with Gasteiger partial charge in [-0.25, -0.2) is 4.39 Å². The summed E-state index contributed by atoms with van der Waals surface area (Å²) in [6.45, 7) is 5.06. The van der Waals surface area contributed by atoms with Gasteiger partial charge in [-0.2, -0.15) is 0 Å². The Bertz CT molecular complexity index is 803. The Labute approximate surface area is 129 Å². The lowest BCUT2D eigenvalue weighted by molar-refractivity contribution is 0.627. The Balaban J connectivity index is 1.79. The van der Waals surface area contributed by atoms with E-state index >= 15 is 0 Å². The Morgan fingerprint density at radius 3 is 2.59 bits per heavy atom. The van der Waals surface area contributed by atoms with Crippen molar-refractivity contribution in [2.45, 2.75) is 20.3 Å². The predicted octanol–water partition coefficient (Wildman–Crippen LogP) is 3.98. The van der Waals surface area contributed by atoms with Gasteiger partial charge in [0, 0.05) is 24.7 Å². The summed E-state index contributed by atoms with van der Waals surface area (Å²) in [5, 5.41) is 4.69. The van der Waals surface area contributed by atoms with Crippen molar-refractivity contribution in [3.8, 4) is 0 Å². The second-order valence-corrected chi connectivity index (χ2v) is 5.65. The summed E-state index contributed by atoms with van der Waals surface area (Å²) in [6.07, 6.45) is 4.63. The first-order chi connectivity index (χ1) is 10.6. The number of rotatable bonds is 4. The molecule has 1 aromatic carbocycles. The number of nitrogens with one attached hydrogen (secondary N) is 1. The van der Waals surface area contributed by atoms with Crippen LogP contribution in [0.5, 0.6) is 0 Å². The van der Waals surface area contributed by atoms with Gasteiger partial charge in [-0.1, -0.05) is 12.1 Å². The molecule has 3 nitrogen and oxygen atoms in total. The highest BCUT2D eigenvalue weighted by molar-refractivity contribution is 5.95. The first-order valence-corrected chi connectivity index (χ1v) is 7.46. The molecule has 0 amide bonds. The molecule has 3 rings (SSSR count). The molecular weight excluding hydrogens is 277 g/mol. The molecule has 2 aromatic heterocycles. The molecule has 0 radical (unpaired) electrons. The molecule has 0 aliphatic rings. The summed E-state index contributed by atoms with van der Waals surface area (Å²) < 4.78 is 15.1. The summed E-state index contributed by atoms with van der Waals surface area (Å²) in [7, 11) is 2.06. The average Bonchev–Trinajstić information content (AvgIpc) is 2.75. The molecule has 0 aliphatic heterocycles. The average molecular weight is 297 g/mol. The predicted molar refractivity (Wildman–Crippen MR) is 88.8 cm³/mol. The SMILES string of the molecule is Cc1c(C)n(C)c2cncc(NCCc3ccc(F)cc3)c12. The van der Waals surface area contributed by atoms with E-state index in [2.05, 4.69) is 35.8 Å². The van der Waals surface area contributed by atoms with Gasteiger partial charge in [0.05, 0.1) is 23.6 Å². The molecule has 0 saturated heterocycles. The van der Waals surface area contributed by atoms with Crippen molar-refractivity contribution >= 4 is 16.6 Å². The number of anilines is 1. The van der Waals surface area contributed by atoms with E-state index in [-0.39, 0.29) is 5.82 Å². The first kappa shape index (κ1) is 14.6. The topological polar surface area (TPSA) is 29.9 Å². The van der Waals surface area contributed by atoms with E-state index in [0.29, 0.717) is 0 Å². The summed E-state index contributed by atoms with van der Waals surface area (Å²) in [5.74, 6) is -0.193. The lowest BCUT2D eigenvalue weighted by Crippen LogP contribution is -2.05. The van der Waals surface area contributed by atoms with Crippen LogP contribution in [0, 0.1) is 19.7 Å². The summed E-state index contributed by atoms with van der Waals surface area (Å²) in [6, 6.07) is 6.66. The minimum Gasteiger partial charge on any atom is -0.383 e. The van der Waals surface area contributed by atoms with E-state index < -0.39 is 0 Å². The molecule has 2 heterocycles. The lowest BCUT2D eigenvalue weighted by Gasteiger charge is -2.08. The normalized spacial score (nSPS) is 11.1. The van der Waals surface area contributed by atoms with Crippen molar-refractivity contribution in [3.05, 3.63) is 59.3 Å². The molecule has 0 saturated carbocycles. The van der Waals surface area contributed by atoms with Crippen LogP contribution in [0.1, 0.15) is 16.8 Å². The molecule has 0 fully saturated rings. The molecule has 0 aliphatic carbocycles. The fraction of sp³-hybridized carbons (Fsp3) is 0.278. The number of hydrogen-bond acceptors (Lipinski definition) is 2. The van der Waals surface area contributed by atoms with Crippen LogP contribution in [0.25, 0.3) is 10.9 Å². The minimum absolute atomic E-state index is 0.193. The third-order valence-electron chi connectivity index (χ3n) is 4.35. The van der Waals surface area contributed by atoms with E-state index in [4.69, 9.17) is 0 Å². The molecule has 3 aromatic rings. The van der Waals surface area contributed by atoms with Gasteiger partial charge in [0.25, 0.3) is 0 Å². The quantitative estimate of drug-likeness (QED) is 0.789. The molecule has 0 atom stereocenters. The van der Waals surface area contributed by atoms with Crippen molar-refractivity contribution in [2.75, 3.05) is 11.9 Å². The summed E-state index contributed by atoms with van der Waals surface area (Å²) >= 11 is 0. The Kier molecular flexibility index (Phi) is 3.84. The molecule has 0 bridgehead atoms. The van der Waals surface area contributed by atoms with Gasteiger partial charge < -0.3 is 9.88 Å². The maximum Gasteiger partial charge on any atom is 0.123 e. The molecule has 0 unspecified atom stereocenters. The highest BCUT2D eigenvalue weighted by Crippen LogP contribution is 2.29. The Morgan fingerprint density at radius 2 is 1.86 bits per heavy atom. The number of aryl methyl sites for hydroxylation is 2. The van der Waals surface area contributed by atoms with Crippen LogP contribution in [0.3, 0.4) is 0 Å². The number of pyridine rings is 1. The van der Waals surface area contributed by atoms with Crippen LogP contribution < -0.4 is 5.32 Å². The minimum atomic E-state index is -0.193.